The van der Waals surface area contributed by atoms with E-state index in [2.05, 4.69) is 10.5 Å². The van der Waals surface area contributed by atoms with Crippen LogP contribution in [0.5, 0.6) is 0 Å². The zero-order valence-electron chi connectivity index (χ0n) is 13.6. The molecule has 1 aliphatic rings. The lowest BCUT2D eigenvalue weighted by atomic mass is 9.80. The Morgan fingerprint density at radius 2 is 1.92 bits per heavy atom. The summed E-state index contributed by atoms with van der Waals surface area (Å²) in [4.78, 5) is 36.4. The largest absolute Gasteiger partial charge is 0.465 e. The molecule has 9 heteroatoms. The summed E-state index contributed by atoms with van der Waals surface area (Å²) in [5.74, 6) is -1.25. The lowest BCUT2D eigenvalue weighted by Gasteiger charge is -2.32. The maximum Gasteiger partial charge on any atom is 0.324 e. The number of ether oxygens (including phenoxy) is 3. The van der Waals surface area contributed by atoms with E-state index in [4.69, 9.17) is 18.7 Å². The van der Waals surface area contributed by atoms with Gasteiger partial charge in [-0.2, -0.15) is 0 Å². The van der Waals surface area contributed by atoms with Gasteiger partial charge in [0.05, 0.1) is 6.61 Å². The fourth-order valence-electron chi connectivity index (χ4n) is 2.35. The summed E-state index contributed by atoms with van der Waals surface area (Å²) < 4.78 is 20.0. The zero-order chi connectivity index (χ0) is 17.6. The van der Waals surface area contributed by atoms with Crippen molar-refractivity contribution in [3.63, 3.8) is 0 Å². The molecule has 24 heavy (non-hydrogen) atoms. The summed E-state index contributed by atoms with van der Waals surface area (Å²) in [6, 6.07) is 1.53. The topological polar surface area (TPSA) is 117 Å². The third-order valence-electron chi connectivity index (χ3n) is 3.63. The molecule has 132 valence electrons. The first-order chi connectivity index (χ1) is 11.5. The van der Waals surface area contributed by atoms with Crippen molar-refractivity contribution >= 4 is 23.7 Å². The van der Waals surface area contributed by atoms with E-state index in [1.165, 1.54) is 6.07 Å². The van der Waals surface area contributed by atoms with E-state index >= 15 is 0 Å². The Kier molecular flexibility index (Phi) is 5.91. The molecule has 0 aliphatic carbocycles. The normalized spacial score (nSPS) is 16.2. The van der Waals surface area contributed by atoms with E-state index < -0.39 is 29.9 Å². The summed E-state index contributed by atoms with van der Waals surface area (Å²) in [6.07, 6.45) is 0.323. The highest BCUT2D eigenvalue weighted by Gasteiger charge is 2.50. The average Bonchev–Trinajstić information content (AvgIpc) is 2.98. The lowest BCUT2D eigenvalue weighted by Crippen LogP contribution is -2.46. The van der Waals surface area contributed by atoms with Crippen LogP contribution in [0.4, 0.5) is 5.82 Å². The third kappa shape index (κ3) is 4.10. The van der Waals surface area contributed by atoms with Gasteiger partial charge in [0.15, 0.2) is 17.8 Å². The molecular formula is C15H20N2O7. The van der Waals surface area contributed by atoms with E-state index in [9.17, 15) is 14.4 Å². The molecule has 0 bridgehead atoms. The second-order valence-electron chi connectivity index (χ2n) is 5.36. The molecule has 2 heterocycles. The maximum absolute atomic E-state index is 12.4. The number of aryl methyl sites for hydroxylation is 1. The van der Waals surface area contributed by atoms with E-state index in [1.807, 2.05) is 0 Å². The number of hydrogen-bond acceptors (Lipinski definition) is 8. The smallest absolute Gasteiger partial charge is 0.324 e. The van der Waals surface area contributed by atoms with Crippen molar-refractivity contribution in [2.24, 2.45) is 5.41 Å². The summed E-state index contributed by atoms with van der Waals surface area (Å²) in [5.41, 5.74) is -1.42. The Labute approximate surface area is 138 Å². The monoisotopic (exact) mass is 340 g/mol. The maximum atomic E-state index is 12.4. The number of nitrogens with one attached hydrogen (secondary N) is 1. The Hall–Kier alpha value is -2.42. The number of nitrogens with zero attached hydrogens (tertiary/aromatic N) is 1. The van der Waals surface area contributed by atoms with Crippen LogP contribution in [0.3, 0.4) is 0 Å². The number of carbonyl (C=O) groups excluding carboxylic acids is 3. The average molecular weight is 340 g/mol. The third-order valence-corrected chi connectivity index (χ3v) is 3.63. The molecule has 1 aromatic heterocycles. The quantitative estimate of drug-likeness (QED) is 0.597. The van der Waals surface area contributed by atoms with Gasteiger partial charge in [-0.3, -0.25) is 14.4 Å². The molecule has 0 spiro atoms. The predicted octanol–water partition coefficient (Wildman–Crippen LogP) is 0.825. The second kappa shape index (κ2) is 7.91. The number of anilines is 1. The van der Waals surface area contributed by atoms with Gasteiger partial charge in [0, 0.05) is 19.3 Å². The van der Waals surface area contributed by atoms with Gasteiger partial charge < -0.3 is 24.1 Å². The molecular weight excluding hydrogens is 320 g/mol. The van der Waals surface area contributed by atoms with Gasteiger partial charge in [-0.25, -0.2) is 0 Å². The molecule has 1 aromatic rings. The number of aromatic nitrogens is 1. The minimum absolute atomic E-state index is 0.153. The fraction of sp³-hybridized carbons (Fsp3) is 0.600. The Morgan fingerprint density at radius 1 is 1.25 bits per heavy atom. The van der Waals surface area contributed by atoms with Crippen molar-refractivity contribution < 1.29 is 33.1 Å². The SMILES string of the molecule is CCOC(=O)C1(C(=O)OCC(=O)Nc2cc(C)on2)CCOCC1. The highest BCUT2D eigenvalue weighted by Crippen LogP contribution is 2.33. The number of hydrogen-bond donors (Lipinski definition) is 1. The van der Waals surface area contributed by atoms with Gasteiger partial charge in [0.2, 0.25) is 0 Å². The molecule has 9 nitrogen and oxygen atoms in total. The molecule has 2 rings (SSSR count). The van der Waals surface area contributed by atoms with Crippen LogP contribution in [-0.2, 0) is 28.6 Å². The first-order valence-corrected chi connectivity index (χ1v) is 7.63. The fourth-order valence-corrected chi connectivity index (χ4v) is 2.35. The molecule has 1 fully saturated rings. The van der Waals surface area contributed by atoms with Crippen LogP contribution in [0.25, 0.3) is 0 Å². The van der Waals surface area contributed by atoms with Gasteiger partial charge in [0.25, 0.3) is 5.91 Å². The summed E-state index contributed by atoms with van der Waals surface area (Å²) in [7, 11) is 0. The van der Waals surface area contributed by atoms with Crippen molar-refractivity contribution in [3.8, 4) is 0 Å². The van der Waals surface area contributed by atoms with Crippen LogP contribution >= 0.6 is 0 Å². The Bertz CT molecular complexity index is 605. The van der Waals surface area contributed by atoms with Crippen LogP contribution in [0.15, 0.2) is 10.6 Å². The van der Waals surface area contributed by atoms with Crippen LogP contribution in [0.2, 0.25) is 0 Å². The highest BCUT2D eigenvalue weighted by atomic mass is 16.6. The van der Waals surface area contributed by atoms with E-state index in [-0.39, 0.29) is 38.5 Å². The Balaban J connectivity index is 1.94. The molecule has 0 unspecified atom stereocenters. The number of amides is 1. The summed E-state index contributed by atoms with van der Waals surface area (Å²) in [5, 5.41) is 6.03. The predicted molar refractivity (Wildman–Crippen MR) is 79.9 cm³/mol. The van der Waals surface area contributed by atoms with Crippen LogP contribution < -0.4 is 5.32 Å². The minimum Gasteiger partial charge on any atom is -0.465 e. The van der Waals surface area contributed by atoms with Crippen molar-refractivity contribution in [1.29, 1.82) is 0 Å². The van der Waals surface area contributed by atoms with Gasteiger partial charge in [-0.15, -0.1) is 0 Å². The number of rotatable bonds is 6. The first kappa shape index (κ1) is 17.9. The number of carbonyl (C=O) groups is 3. The minimum atomic E-state index is -1.42. The van der Waals surface area contributed by atoms with E-state index in [1.54, 1.807) is 13.8 Å². The summed E-state index contributed by atoms with van der Waals surface area (Å²) in [6.45, 7) is 3.45. The molecule has 1 N–H and O–H groups in total. The van der Waals surface area contributed by atoms with Gasteiger partial charge in [-0.05, 0) is 26.7 Å². The zero-order valence-corrected chi connectivity index (χ0v) is 13.6. The van der Waals surface area contributed by atoms with Gasteiger partial charge >= 0.3 is 11.9 Å². The highest BCUT2D eigenvalue weighted by molar-refractivity contribution is 6.01. The van der Waals surface area contributed by atoms with Crippen molar-refractivity contribution in [3.05, 3.63) is 11.8 Å². The van der Waals surface area contributed by atoms with E-state index in [0.717, 1.165) is 0 Å². The van der Waals surface area contributed by atoms with Gasteiger partial charge in [0.1, 0.15) is 5.76 Å². The van der Waals surface area contributed by atoms with Crippen LogP contribution in [0, 0.1) is 12.3 Å². The van der Waals surface area contributed by atoms with E-state index in [0.29, 0.717) is 5.76 Å². The van der Waals surface area contributed by atoms with Gasteiger partial charge in [-0.1, -0.05) is 5.16 Å². The summed E-state index contributed by atoms with van der Waals surface area (Å²) >= 11 is 0. The molecule has 1 amide bonds. The van der Waals surface area contributed by atoms with Crippen LogP contribution in [0.1, 0.15) is 25.5 Å². The first-order valence-electron chi connectivity index (χ1n) is 7.63. The lowest BCUT2D eigenvalue weighted by molar-refractivity contribution is -0.179. The van der Waals surface area contributed by atoms with Crippen LogP contribution in [-0.4, -0.2) is 49.4 Å². The molecule has 1 aliphatic heterocycles. The molecule has 0 radical (unpaired) electrons. The van der Waals surface area contributed by atoms with Crippen molar-refractivity contribution in [2.75, 3.05) is 31.7 Å². The standard InChI is InChI=1S/C15H20N2O7/c1-3-22-13(19)15(4-6-21-7-5-15)14(20)23-9-12(18)16-11-8-10(2)24-17-11/h8H,3-7,9H2,1-2H3,(H,16,17,18). The van der Waals surface area contributed by atoms with Crippen molar-refractivity contribution in [1.82, 2.24) is 5.16 Å². The van der Waals surface area contributed by atoms with Crippen molar-refractivity contribution in [2.45, 2.75) is 26.7 Å². The molecule has 1 saturated heterocycles. The molecule has 0 aromatic carbocycles. The Morgan fingerprint density at radius 3 is 2.50 bits per heavy atom. The second-order valence-corrected chi connectivity index (χ2v) is 5.36. The molecule has 0 atom stereocenters. The number of esters is 2. The molecule has 0 saturated carbocycles.